The average Bonchev–Trinajstić information content (AvgIpc) is 2.65. The number of halogens is 1. The summed E-state index contributed by atoms with van der Waals surface area (Å²) >= 11 is 5.91. The van der Waals surface area contributed by atoms with E-state index in [0.29, 0.717) is 12.0 Å². The van der Waals surface area contributed by atoms with Crippen LogP contribution in [-0.2, 0) is 27.4 Å². The van der Waals surface area contributed by atoms with Gasteiger partial charge < -0.3 is 9.84 Å². The van der Waals surface area contributed by atoms with Crippen molar-refractivity contribution in [3.63, 3.8) is 0 Å². The highest BCUT2D eigenvalue weighted by atomic mass is 35.5. The molecule has 0 aliphatic heterocycles. The number of carboxylic acids is 1. The molecule has 0 saturated carbocycles. The summed E-state index contributed by atoms with van der Waals surface area (Å²) < 4.78 is 4.94. The van der Waals surface area contributed by atoms with Gasteiger partial charge in [0.1, 0.15) is 6.61 Å². The van der Waals surface area contributed by atoms with E-state index in [1.807, 2.05) is 41.7 Å². The summed E-state index contributed by atoms with van der Waals surface area (Å²) in [5.74, 6) is -2.49. The Bertz CT molecular complexity index is 766. The van der Waals surface area contributed by atoms with E-state index in [1.54, 1.807) is 24.3 Å². The Morgan fingerprint density at radius 1 is 0.962 bits per heavy atom. The lowest BCUT2D eigenvalue weighted by atomic mass is 10.0. The van der Waals surface area contributed by atoms with E-state index in [0.717, 1.165) is 5.56 Å². The van der Waals surface area contributed by atoms with Gasteiger partial charge in [0.05, 0.1) is 0 Å². The molecule has 6 nitrogen and oxygen atoms in total. The molecule has 0 aliphatic rings. The number of amides is 1. The first-order valence-corrected chi connectivity index (χ1v) is 8.28. The van der Waals surface area contributed by atoms with Gasteiger partial charge in [-0.25, -0.2) is 9.59 Å². The summed E-state index contributed by atoms with van der Waals surface area (Å²) in [6.07, 6.45) is -0.916. The number of nitrogens with one attached hydrogen (secondary N) is 1. The molecular formula is C19H18ClNO5. The zero-order valence-electron chi connectivity index (χ0n) is 13.9. The zero-order chi connectivity index (χ0) is 19.0. The number of rotatable bonds is 8. The van der Waals surface area contributed by atoms with Crippen molar-refractivity contribution in [2.75, 3.05) is 0 Å². The molecule has 2 aromatic carbocycles. The number of alkyl halides is 1. The molecule has 0 spiro atoms. The molecule has 0 aliphatic carbocycles. The van der Waals surface area contributed by atoms with Crippen molar-refractivity contribution >= 4 is 29.4 Å². The van der Waals surface area contributed by atoms with Crippen molar-refractivity contribution in [2.24, 2.45) is 0 Å². The van der Waals surface area contributed by atoms with Crippen LogP contribution >= 0.6 is 11.6 Å². The number of alkyl carbamates (subject to hydrolysis) is 1. The second-order valence-corrected chi connectivity index (χ2v) is 6.13. The van der Waals surface area contributed by atoms with E-state index in [1.165, 1.54) is 0 Å². The lowest BCUT2D eigenvalue weighted by molar-refractivity contribution is -0.145. The lowest BCUT2D eigenvalue weighted by Gasteiger charge is -2.22. The number of carbonyl (C=O) groups excluding carboxylic acids is 2. The van der Waals surface area contributed by atoms with Crippen LogP contribution in [0.25, 0.3) is 0 Å². The van der Waals surface area contributed by atoms with Crippen molar-refractivity contribution in [1.82, 2.24) is 5.32 Å². The van der Waals surface area contributed by atoms with Gasteiger partial charge in [-0.05, 0) is 17.5 Å². The maximum atomic E-state index is 12.3. The minimum absolute atomic E-state index is 0.0720. The van der Waals surface area contributed by atoms with Crippen LogP contribution in [0.3, 0.4) is 0 Å². The molecule has 0 fully saturated rings. The van der Waals surface area contributed by atoms with Crippen molar-refractivity contribution in [3.05, 3.63) is 71.8 Å². The van der Waals surface area contributed by atoms with E-state index in [-0.39, 0.29) is 13.0 Å². The van der Waals surface area contributed by atoms with E-state index in [4.69, 9.17) is 16.3 Å². The largest absolute Gasteiger partial charge is 0.478 e. The number of hydrogen-bond acceptors (Lipinski definition) is 4. The average molecular weight is 376 g/mol. The van der Waals surface area contributed by atoms with Gasteiger partial charge in [0.15, 0.2) is 5.78 Å². The molecular weight excluding hydrogens is 358 g/mol. The third kappa shape index (κ3) is 5.32. The maximum absolute atomic E-state index is 12.3. The minimum atomic E-state index is -2.57. The highest BCUT2D eigenvalue weighted by Gasteiger charge is 2.45. The van der Waals surface area contributed by atoms with Crippen molar-refractivity contribution < 1.29 is 24.2 Å². The van der Waals surface area contributed by atoms with Gasteiger partial charge in [-0.2, -0.15) is 0 Å². The second kappa shape index (κ2) is 9.01. The van der Waals surface area contributed by atoms with Crippen LogP contribution in [0.4, 0.5) is 4.79 Å². The number of benzene rings is 2. The fourth-order valence-electron chi connectivity index (χ4n) is 2.22. The molecule has 2 aromatic rings. The summed E-state index contributed by atoms with van der Waals surface area (Å²) in [4.78, 5) is 33.1. The van der Waals surface area contributed by atoms with Crippen molar-refractivity contribution in [1.29, 1.82) is 0 Å². The molecule has 7 heteroatoms. The van der Waals surface area contributed by atoms with Crippen LogP contribution in [0.1, 0.15) is 17.5 Å². The number of carbonyl (C=O) groups is 3. The molecule has 0 radical (unpaired) electrons. The number of ketones is 1. The third-order valence-corrected chi connectivity index (χ3v) is 4.12. The van der Waals surface area contributed by atoms with Crippen LogP contribution < -0.4 is 5.32 Å². The minimum Gasteiger partial charge on any atom is -0.478 e. The highest BCUT2D eigenvalue weighted by molar-refractivity contribution is 6.45. The van der Waals surface area contributed by atoms with Gasteiger partial charge in [-0.3, -0.25) is 10.1 Å². The molecule has 0 saturated heterocycles. The Balaban J connectivity index is 1.95. The summed E-state index contributed by atoms with van der Waals surface area (Å²) in [6, 6.07) is 17.9. The number of aliphatic carboxylic acids is 1. The number of hydrogen-bond donors (Lipinski definition) is 2. The first-order valence-electron chi connectivity index (χ1n) is 7.90. The van der Waals surface area contributed by atoms with Gasteiger partial charge in [0.2, 0.25) is 0 Å². The molecule has 0 heterocycles. The molecule has 136 valence electrons. The predicted molar refractivity (Wildman–Crippen MR) is 95.8 cm³/mol. The van der Waals surface area contributed by atoms with Gasteiger partial charge in [-0.1, -0.05) is 72.3 Å². The van der Waals surface area contributed by atoms with Gasteiger partial charge >= 0.3 is 12.1 Å². The molecule has 0 bridgehead atoms. The predicted octanol–water partition coefficient (Wildman–Crippen LogP) is 3.13. The van der Waals surface area contributed by atoms with Crippen LogP contribution in [-0.4, -0.2) is 28.0 Å². The molecule has 2 N–H and O–H groups in total. The van der Waals surface area contributed by atoms with Crippen LogP contribution in [0.2, 0.25) is 0 Å². The smallest absolute Gasteiger partial charge is 0.409 e. The second-order valence-electron chi connectivity index (χ2n) is 5.56. The Kier molecular flexibility index (Phi) is 6.74. The zero-order valence-corrected chi connectivity index (χ0v) is 14.6. The number of Topliss-reactive ketones (excluding diaryl/α,β-unsaturated/α-hetero) is 1. The van der Waals surface area contributed by atoms with Crippen LogP contribution in [0, 0.1) is 0 Å². The van der Waals surface area contributed by atoms with Gasteiger partial charge in [-0.15, -0.1) is 0 Å². The van der Waals surface area contributed by atoms with Crippen molar-refractivity contribution in [3.8, 4) is 0 Å². The monoisotopic (exact) mass is 375 g/mol. The van der Waals surface area contributed by atoms with Gasteiger partial charge in [0.25, 0.3) is 5.00 Å². The maximum Gasteiger partial charge on any atom is 0.409 e. The van der Waals surface area contributed by atoms with E-state index in [2.05, 4.69) is 0 Å². The molecule has 0 aromatic heterocycles. The SMILES string of the molecule is O=C(NC(Cl)(C(=O)O)C(=O)CCc1ccccc1)OCc1ccccc1. The molecule has 2 rings (SSSR count). The van der Waals surface area contributed by atoms with Crippen LogP contribution in [0.15, 0.2) is 60.7 Å². The first-order chi connectivity index (χ1) is 12.4. The summed E-state index contributed by atoms with van der Waals surface area (Å²) in [5, 5.41) is 11.3. The van der Waals surface area contributed by atoms with E-state index in [9.17, 15) is 19.5 Å². The van der Waals surface area contributed by atoms with Crippen molar-refractivity contribution in [2.45, 2.75) is 24.4 Å². The first kappa shape index (κ1) is 19.5. The quantitative estimate of drug-likeness (QED) is 0.420. The summed E-state index contributed by atoms with van der Waals surface area (Å²) in [6.45, 7) is -0.0720. The fourth-order valence-corrected chi connectivity index (χ4v) is 2.39. The Hall–Kier alpha value is -2.86. The van der Waals surface area contributed by atoms with E-state index >= 15 is 0 Å². The fraction of sp³-hybridized carbons (Fsp3) is 0.211. The third-order valence-electron chi connectivity index (χ3n) is 3.65. The Morgan fingerprint density at radius 3 is 2.04 bits per heavy atom. The highest BCUT2D eigenvalue weighted by Crippen LogP contribution is 2.18. The van der Waals surface area contributed by atoms with E-state index < -0.39 is 22.8 Å². The van der Waals surface area contributed by atoms with Gasteiger partial charge in [0, 0.05) is 6.42 Å². The summed E-state index contributed by atoms with van der Waals surface area (Å²) in [5.41, 5.74) is 1.57. The topological polar surface area (TPSA) is 92.7 Å². The molecule has 26 heavy (non-hydrogen) atoms. The number of aryl methyl sites for hydroxylation is 1. The number of carboxylic acid groups (broad SMARTS) is 1. The molecule has 1 unspecified atom stereocenters. The lowest BCUT2D eigenvalue weighted by Crippen LogP contribution is -2.56. The van der Waals surface area contributed by atoms with Crippen LogP contribution in [0.5, 0.6) is 0 Å². The molecule has 1 atom stereocenters. The Labute approximate surface area is 155 Å². The Morgan fingerprint density at radius 2 is 1.50 bits per heavy atom. The molecule has 1 amide bonds. The number of ether oxygens (including phenoxy) is 1. The standard InChI is InChI=1S/C19H18ClNO5/c20-19(17(23)24,16(22)12-11-14-7-3-1-4-8-14)21-18(25)26-13-15-9-5-2-6-10-15/h1-10H,11-13H2,(H,21,25)(H,23,24). The normalized spacial score (nSPS) is 12.7. The summed E-state index contributed by atoms with van der Waals surface area (Å²) in [7, 11) is 0.